The Balaban J connectivity index is 1.69. The number of ether oxygens (including phenoxy) is 1. The fourth-order valence-electron chi connectivity index (χ4n) is 2.70. The molecule has 0 bridgehead atoms. The Hall–Kier alpha value is -3.00. The Kier molecular flexibility index (Phi) is 3.58. The van der Waals surface area contributed by atoms with E-state index in [0.717, 1.165) is 27.8 Å². The first-order valence-corrected chi connectivity index (χ1v) is 7.64. The molecule has 0 spiro atoms. The average Bonchev–Trinajstić information content (AvgIpc) is 3.20. The smallest absolute Gasteiger partial charge is 0.224 e. The number of nitrogens with one attached hydrogen (secondary N) is 2. The van der Waals surface area contributed by atoms with E-state index in [-0.39, 0.29) is 6.04 Å². The van der Waals surface area contributed by atoms with Crippen LogP contribution < -0.4 is 5.32 Å². The lowest BCUT2D eigenvalue weighted by atomic mass is 10.1. The molecule has 4 aromatic heterocycles. The molecule has 122 valence electrons. The molecule has 4 heterocycles. The highest BCUT2D eigenvalue weighted by Gasteiger charge is 2.11. The van der Waals surface area contributed by atoms with E-state index in [1.807, 2.05) is 37.6 Å². The monoisotopic (exact) mass is 323 g/mol. The highest BCUT2D eigenvalue weighted by Crippen LogP contribution is 2.27. The molecular formula is C16H17N7O. The summed E-state index contributed by atoms with van der Waals surface area (Å²) in [5.41, 5.74) is 3.65. The molecule has 0 aliphatic rings. The van der Waals surface area contributed by atoms with E-state index in [9.17, 15) is 0 Å². The van der Waals surface area contributed by atoms with Crippen LogP contribution in [-0.2, 0) is 4.74 Å². The zero-order valence-corrected chi connectivity index (χ0v) is 13.4. The lowest BCUT2D eigenvalue weighted by Crippen LogP contribution is -2.22. The van der Waals surface area contributed by atoms with E-state index < -0.39 is 0 Å². The predicted octanol–water partition coefficient (Wildman–Crippen LogP) is 2.11. The van der Waals surface area contributed by atoms with Crippen LogP contribution in [0.5, 0.6) is 0 Å². The van der Waals surface area contributed by atoms with Gasteiger partial charge in [-0.15, -0.1) is 0 Å². The molecule has 0 fully saturated rings. The summed E-state index contributed by atoms with van der Waals surface area (Å²) >= 11 is 0. The third kappa shape index (κ3) is 2.56. The number of hydrogen-bond donors (Lipinski definition) is 2. The predicted molar refractivity (Wildman–Crippen MR) is 90.8 cm³/mol. The minimum atomic E-state index is 0.136. The molecule has 8 heteroatoms. The van der Waals surface area contributed by atoms with Gasteiger partial charge in [0.1, 0.15) is 12.0 Å². The number of anilines is 1. The van der Waals surface area contributed by atoms with Crippen molar-refractivity contribution in [3.05, 3.63) is 37.1 Å². The van der Waals surface area contributed by atoms with Gasteiger partial charge in [-0.05, 0) is 19.1 Å². The van der Waals surface area contributed by atoms with Gasteiger partial charge < -0.3 is 15.0 Å². The molecule has 0 amide bonds. The Morgan fingerprint density at radius 1 is 1.33 bits per heavy atom. The van der Waals surface area contributed by atoms with E-state index in [1.54, 1.807) is 11.6 Å². The van der Waals surface area contributed by atoms with Gasteiger partial charge in [-0.3, -0.25) is 0 Å². The number of nitrogens with zero attached hydrogens (tertiary/aromatic N) is 5. The fourth-order valence-corrected chi connectivity index (χ4v) is 2.70. The van der Waals surface area contributed by atoms with Crippen molar-refractivity contribution in [2.24, 2.45) is 0 Å². The quantitative estimate of drug-likeness (QED) is 0.584. The minimum absolute atomic E-state index is 0.136. The Morgan fingerprint density at radius 3 is 3.12 bits per heavy atom. The average molecular weight is 323 g/mol. The molecule has 4 rings (SSSR count). The highest BCUT2D eigenvalue weighted by atomic mass is 16.5. The summed E-state index contributed by atoms with van der Waals surface area (Å²) in [6.45, 7) is 2.61. The van der Waals surface area contributed by atoms with Crippen LogP contribution in [0.3, 0.4) is 0 Å². The molecule has 0 aromatic carbocycles. The molecular weight excluding hydrogens is 306 g/mol. The Bertz CT molecular complexity index is 990. The van der Waals surface area contributed by atoms with Crippen molar-refractivity contribution >= 4 is 22.6 Å². The van der Waals surface area contributed by atoms with Gasteiger partial charge in [0.15, 0.2) is 5.65 Å². The summed E-state index contributed by atoms with van der Waals surface area (Å²) in [5, 5.41) is 8.35. The first-order valence-electron chi connectivity index (χ1n) is 7.64. The summed E-state index contributed by atoms with van der Waals surface area (Å²) in [6.07, 6.45) is 7.23. The molecule has 0 aliphatic carbocycles. The van der Waals surface area contributed by atoms with Gasteiger partial charge >= 0.3 is 0 Å². The maximum absolute atomic E-state index is 5.11. The Labute approximate surface area is 137 Å². The van der Waals surface area contributed by atoms with Gasteiger partial charge in [0, 0.05) is 48.3 Å². The maximum atomic E-state index is 5.11. The van der Waals surface area contributed by atoms with Gasteiger partial charge in [0.25, 0.3) is 0 Å². The number of methoxy groups -OCH3 is 1. The fraction of sp³-hybridized carbons (Fsp3) is 0.250. The lowest BCUT2D eigenvalue weighted by molar-refractivity contribution is 0.190. The number of fused-ring (bicyclic) bond motifs is 2. The number of hydrogen-bond acceptors (Lipinski definition) is 6. The molecule has 8 nitrogen and oxygen atoms in total. The SMILES string of the molecule is COCC(C)Nc1ncc2c(-c3ccc4ncnn4c3)c[nH]c2n1. The minimum Gasteiger partial charge on any atom is -0.383 e. The van der Waals surface area contributed by atoms with E-state index in [2.05, 4.69) is 30.4 Å². The summed E-state index contributed by atoms with van der Waals surface area (Å²) in [4.78, 5) is 16.3. The zero-order valence-electron chi connectivity index (χ0n) is 13.4. The van der Waals surface area contributed by atoms with Crippen molar-refractivity contribution in [3.8, 4) is 11.1 Å². The van der Waals surface area contributed by atoms with Crippen molar-refractivity contribution in [2.75, 3.05) is 19.0 Å². The van der Waals surface area contributed by atoms with Crippen molar-refractivity contribution in [2.45, 2.75) is 13.0 Å². The summed E-state index contributed by atoms with van der Waals surface area (Å²) in [5.74, 6) is 0.576. The molecule has 2 N–H and O–H groups in total. The number of pyridine rings is 1. The molecule has 1 atom stereocenters. The van der Waals surface area contributed by atoms with E-state index in [0.29, 0.717) is 12.6 Å². The van der Waals surface area contributed by atoms with Crippen LogP contribution in [0, 0.1) is 0 Å². The zero-order chi connectivity index (χ0) is 16.5. The maximum Gasteiger partial charge on any atom is 0.224 e. The van der Waals surface area contributed by atoms with Crippen LogP contribution in [0.25, 0.3) is 27.8 Å². The van der Waals surface area contributed by atoms with Crippen LogP contribution in [0.4, 0.5) is 5.95 Å². The summed E-state index contributed by atoms with van der Waals surface area (Å²) < 4.78 is 6.86. The molecule has 1 unspecified atom stereocenters. The molecule has 0 radical (unpaired) electrons. The van der Waals surface area contributed by atoms with Crippen LogP contribution in [-0.4, -0.2) is 49.3 Å². The molecule has 4 aromatic rings. The summed E-state index contributed by atoms with van der Waals surface area (Å²) in [6, 6.07) is 4.08. The van der Waals surface area contributed by atoms with Gasteiger partial charge in [-0.1, -0.05) is 0 Å². The van der Waals surface area contributed by atoms with Crippen LogP contribution >= 0.6 is 0 Å². The van der Waals surface area contributed by atoms with E-state index in [1.165, 1.54) is 6.33 Å². The second-order valence-electron chi connectivity index (χ2n) is 5.64. The molecule has 0 aliphatic heterocycles. The normalized spacial score (nSPS) is 12.8. The highest BCUT2D eigenvalue weighted by molar-refractivity contribution is 5.93. The number of rotatable bonds is 5. The summed E-state index contributed by atoms with van der Waals surface area (Å²) in [7, 11) is 1.67. The standard InChI is InChI=1S/C16H17N7O/c1-10(8-24-2)21-16-18-6-13-12(5-17-15(13)22-16)11-3-4-14-19-9-20-23(14)7-11/h3-7,9-10H,8H2,1-2H3,(H2,17,18,21,22). The van der Waals surface area contributed by atoms with Gasteiger partial charge in [-0.2, -0.15) is 10.1 Å². The third-order valence-electron chi connectivity index (χ3n) is 3.81. The molecule has 24 heavy (non-hydrogen) atoms. The van der Waals surface area contributed by atoms with Crippen molar-refractivity contribution < 1.29 is 4.74 Å². The van der Waals surface area contributed by atoms with Crippen LogP contribution in [0.1, 0.15) is 6.92 Å². The van der Waals surface area contributed by atoms with Crippen LogP contribution in [0.15, 0.2) is 37.1 Å². The van der Waals surface area contributed by atoms with Crippen molar-refractivity contribution in [1.82, 2.24) is 29.5 Å². The lowest BCUT2D eigenvalue weighted by Gasteiger charge is -2.12. The van der Waals surface area contributed by atoms with Gasteiger partial charge in [0.2, 0.25) is 5.95 Å². The number of H-pyrrole nitrogens is 1. The van der Waals surface area contributed by atoms with Crippen molar-refractivity contribution in [3.63, 3.8) is 0 Å². The second-order valence-corrected chi connectivity index (χ2v) is 5.64. The number of aromatic amines is 1. The first kappa shape index (κ1) is 14.6. The van der Waals surface area contributed by atoms with Gasteiger partial charge in [-0.25, -0.2) is 14.5 Å². The second kappa shape index (κ2) is 5.89. The van der Waals surface area contributed by atoms with E-state index in [4.69, 9.17) is 4.74 Å². The van der Waals surface area contributed by atoms with Gasteiger partial charge in [0.05, 0.1) is 6.61 Å². The first-order chi connectivity index (χ1) is 11.7. The van der Waals surface area contributed by atoms with Crippen molar-refractivity contribution in [1.29, 1.82) is 0 Å². The third-order valence-corrected chi connectivity index (χ3v) is 3.81. The molecule has 0 saturated heterocycles. The largest absolute Gasteiger partial charge is 0.383 e. The molecule has 0 saturated carbocycles. The van der Waals surface area contributed by atoms with Crippen LogP contribution in [0.2, 0.25) is 0 Å². The van der Waals surface area contributed by atoms with E-state index >= 15 is 0 Å². The topological polar surface area (TPSA) is 93.0 Å². The Morgan fingerprint density at radius 2 is 2.25 bits per heavy atom. The number of aromatic nitrogens is 6.